The van der Waals surface area contributed by atoms with Crippen molar-refractivity contribution in [1.82, 2.24) is 0 Å². The summed E-state index contributed by atoms with van der Waals surface area (Å²) in [5, 5.41) is 7.76. The summed E-state index contributed by atoms with van der Waals surface area (Å²) in [5.41, 5.74) is 0. The topological polar surface area (TPSA) is 20.2 Å². The first-order valence-corrected chi connectivity index (χ1v) is 3.23. The van der Waals surface area contributed by atoms with Crippen LogP contribution in [0.15, 0.2) is 0 Å². The molecule has 0 aliphatic heterocycles. The minimum absolute atomic E-state index is 5.11. The number of aliphatic hydroxyl groups excluding tert-OH is 1. The Morgan fingerprint density at radius 1 is 0.688 bits per heavy atom. The molecule has 0 rings (SSSR count). The highest BCUT2D eigenvalue weighted by molar-refractivity contribution is 4.98. The van der Waals surface area contributed by atoms with Crippen molar-refractivity contribution in [1.29, 1.82) is 0 Å². The molecule has 0 aromatic heterocycles. The van der Waals surface area contributed by atoms with Gasteiger partial charge < -0.3 is 5.11 Å². The Hall–Kier alpha value is -0.740. The van der Waals surface area contributed by atoms with Gasteiger partial charge in [0.25, 0.3) is 0 Å². The van der Waals surface area contributed by atoms with Crippen LogP contribution in [0.1, 0.15) is 0 Å². The molecule has 0 fully saturated rings. The summed E-state index contributed by atoms with van der Waals surface area (Å²) in [6.07, 6.45) is -18.3. The predicted molar refractivity (Wildman–Crippen MR) is 28.0 cm³/mol. The maximum absolute atomic E-state index is 12.1. The number of hydrogen-bond donors (Lipinski definition) is 1. The lowest BCUT2D eigenvalue weighted by atomic mass is 10.1. The summed E-state index contributed by atoms with van der Waals surface area (Å²) < 4.78 is 117. The van der Waals surface area contributed by atoms with Crippen LogP contribution in [-0.4, -0.2) is 35.4 Å². The van der Waals surface area contributed by atoms with E-state index in [1.807, 2.05) is 0 Å². The van der Waals surface area contributed by atoms with Gasteiger partial charge in [-0.1, -0.05) is 0 Å². The number of rotatable bonds is 2. The standard InChI is InChI=1S/C5H2F10O/c6-2(7,1(16)3(8,9)10)4(11,12)5(13,14)15/h1,16H/t1-/m1/s1. The molecular formula is C5H2F10O. The van der Waals surface area contributed by atoms with Gasteiger partial charge >= 0.3 is 24.2 Å². The van der Waals surface area contributed by atoms with Crippen molar-refractivity contribution in [2.45, 2.75) is 30.3 Å². The highest BCUT2D eigenvalue weighted by Crippen LogP contribution is 2.50. The van der Waals surface area contributed by atoms with E-state index in [1.165, 1.54) is 0 Å². The zero-order valence-electron chi connectivity index (χ0n) is 6.80. The Labute approximate surface area is 80.6 Å². The SMILES string of the molecule is O[C@@H](C(F)(F)F)C(F)(F)C(F)(F)C(F)(F)F. The number of halogens is 10. The van der Waals surface area contributed by atoms with Crippen LogP contribution in [0.2, 0.25) is 0 Å². The van der Waals surface area contributed by atoms with E-state index in [4.69, 9.17) is 5.11 Å². The summed E-state index contributed by atoms with van der Waals surface area (Å²) >= 11 is 0. The van der Waals surface area contributed by atoms with Crippen LogP contribution < -0.4 is 0 Å². The van der Waals surface area contributed by atoms with Crippen molar-refractivity contribution in [2.24, 2.45) is 0 Å². The number of alkyl halides is 10. The molecule has 0 spiro atoms. The molecule has 0 aromatic carbocycles. The van der Waals surface area contributed by atoms with E-state index in [2.05, 4.69) is 0 Å². The minimum atomic E-state index is -6.99. The van der Waals surface area contributed by atoms with Crippen molar-refractivity contribution in [2.75, 3.05) is 0 Å². The molecule has 0 aliphatic rings. The van der Waals surface area contributed by atoms with Crippen molar-refractivity contribution in [3.05, 3.63) is 0 Å². The molecule has 0 aliphatic carbocycles. The van der Waals surface area contributed by atoms with Crippen LogP contribution in [0.3, 0.4) is 0 Å². The molecule has 0 saturated heterocycles. The van der Waals surface area contributed by atoms with Crippen molar-refractivity contribution in [3.8, 4) is 0 Å². The molecule has 1 atom stereocenters. The van der Waals surface area contributed by atoms with Gasteiger partial charge in [0.05, 0.1) is 0 Å². The van der Waals surface area contributed by atoms with E-state index in [9.17, 15) is 43.9 Å². The first kappa shape index (κ1) is 15.3. The lowest BCUT2D eigenvalue weighted by Crippen LogP contribution is -2.61. The van der Waals surface area contributed by atoms with Gasteiger partial charge in [0.1, 0.15) is 0 Å². The first-order chi connectivity index (χ1) is 6.65. The maximum atomic E-state index is 12.1. The molecule has 98 valence electrons. The third-order valence-electron chi connectivity index (χ3n) is 1.43. The smallest absolute Gasteiger partial charge is 0.379 e. The van der Waals surface area contributed by atoms with Crippen LogP contribution in [0, 0.1) is 0 Å². The van der Waals surface area contributed by atoms with Crippen LogP contribution in [-0.2, 0) is 0 Å². The molecule has 1 nitrogen and oxygen atoms in total. The van der Waals surface area contributed by atoms with Gasteiger partial charge in [0.15, 0.2) is 0 Å². The Kier molecular flexibility index (Phi) is 3.47. The molecule has 1 N–H and O–H groups in total. The van der Waals surface area contributed by atoms with Gasteiger partial charge in [0.2, 0.25) is 6.10 Å². The summed E-state index contributed by atoms with van der Waals surface area (Å²) in [7, 11) is 0. The third kappa shape index (κ3) is 2.33. The van der Waals surface area contributed by atoms with E-state index in [1.54, 1.807) is 0 Å². The first-order valence-electron chi connectivity index (χ1n) is 3.23. The maximum Gasteiger partial charge on any atom is 0.459 e. The molecule has 0 saturated carbocycles. The average molecular weight is 268 g/mol. The van der Waals surface area contributed by atoms with Crippen molar-refractivity contribution >= 4 is 0 Å². The van der Waals surface area contributed by atoms with Gasteiger partial charge in [-0.25, -0.2) is 0 Å². The summed E-state index contributed by atoms with van der Waals surface area (Å²) in [6.45, 7) is 0. The van der Waals surface area contributed by atoms with Crippen molar-refractivity contribution in [3.63, 3.8) is 0 Å². The Bertz CT molecular complexity index is 249. The number of hydrogen-bond acceptors (Lipinski definition) is 1. The number of aliphatic hydroxyl groups is 1. The van der Waals surface area contributed by atoms with E-state index in [0.717, 1.165) is 0 Å². The second-order valence-corrected chi connectivity index (χ2v) is 2.64. The van der Waals surface area contributed by atoms with Gasteiger partial charge in [0, 0.05) is 0 Å². The molecule has 0 radical (unpaired) electrons. The Morgan fingerprint density at radius 2 is 1.00 bits per heavy atom. The second kappa shape index (κ2) is 3.64. The molecule has 0 heterocycles. The molecular weight excluding hydrogens is 266 g/mol. The van der Waals surface area contributed by atoms with Gasteiger partial charge in [-0.05, 0) is 0 Å². The Balaban J connectivity index is 5.37. The highest BCUT2D eigenvalue weighted by atomic mass is 19.4. The van der Waals surface area contributed by atoms with Crippen molar-refractivity contribution < 1.29 is 49.0 Å². The van der Waals surface area contributed by atoms with E-state index in [0.29, 0.717) is 0 Å². The van der Waals surface area contributed by atoms with Crippen LogP contribution >= 0.6 is 0 Å². The van der Waals surface area contributed by atoms with Crippen LogP contribution in [0.4, 0.5) is 43.9 Å². The predicted octanol–water partition coefficient (Wildman–Crippen LogP) is 2.74. The molecule has 0 amide bonds. The quantitative estimate of drug-likeness (QED) is 0.763. The van der Waals surface area contributed by atoms with E-state index in [-0.39, 0.29) is 0 Å². The van der Waals surface area contributed by atoms with Crippen LogP contribution in [0.5, 0.6) is 0 Å². The summed E-state index contributed by atoms with van der Waals surface area (Å²) in [6, 6.07) is 0. The molecule has 0 unspecified atom stereocenters. The monoisotopic (exact) mass is 268 g/mol. The van der Waals surface area contributed by atoms with Crippen LogP contribution in [0.25, 0.3) is 0 Å². The summed E-state index contributed by atoms with van der Waals surface area (Å²) in [5.74, 6) is -13.7. The fraction of sp³-hybridized carbons (Fsp3) is 1.00. The zero-order chi connectivity index (χ0) is 13.6. The lowest BCUT2D eigenvalue weighted by Gasteiger charge is -2.32. The largest absolute Gasteiger partial charge is 0.459 e. The van der Waals surface area contributed by atoms with Gasteiger partial charge in [-0.15, -0.1) is 0 Å². The molecule has 0 aromatic rings. The van der Waals surface area contributed by atoms with E-state index >= 15 is 0 Å². The average Bonchev–Trinajstić information content (AvgIpc) is 1.98. The highest BCUT2D eigenvalue weighted by Gasteiger charge is 2.78. The minimum Gasteiger partial charge on any atom is -0.379 e. The zero-order valence-corrected chi connectivity index (χ0v) is 6.80. The fourth-order valence-electron chi connectivity index (χ4n) is 0.566. The molecule has 16 heavy (non-hydrogen) atoms. The normalized spacial score (nSPS) is 17.4. The second-order valence-electron chi connectivity index (χ2n) is 2.64. The van der Waals surface area contributed by atoms with E-state index < -0.39 is 30.3 Å². The lowest BCUT2D eigenvalue weighted by molar-refractivity contribution is -0.394. The fourth-order valence-corrected chi connectivity index (χ4v) is 0.566. The van der Waals surface area contributed by atoms with Gasteiger partial charge in [-0.3, -0.25) is 0 Å². The molecule has 0 bridgehead atoms. The van der Waals surface area contributed by atoms with Gasteiger partial charge in [-0.2, -0.15) is 43.9 Å². The molecule has 11 heteroatoms. The summed E-state index contributed by atoms with van der Waals surface area (Å²) in [4.78, 5) is 0. The Morgan fingerprint density at radius 3 is 1.19 bits per heavy atom. The third-order valence-corrected chi connectivity index (χ3v) is 1.43.